The van der Waals surface area contributed by atoms with Crippen LogP contribution in [0.25, 0.3) is 0 Å². The van der Waals surface area contributed by atoms with E-state index in [1.54, 1.807) is 36.4 Å². The summed E-state index contributed by atoms with van der Waals surface area (Å²) in [6.45, 7) is 4.52. The summed E-state index contributed by atoms with van der Waals surface area (Å²) in [6.07, 6.45) is 3.96. The van der Waals surface area contributed by atoms with Gasteiger partial charge in [0.1, 0.15) is 0 Å². The third-order valence-corrected chi connectivity index (χ3v) is 4.75. The monoisotopic (exact) mass is 343 g/mol. The molecule has 0 unspecified atom stereocenters. The molecule has 6 heteroatoms. The zero-order valence-electron chi connectivity index (χ0n) is 13.6. The number of hydrogen-bond donors (Lipinski definition) is 1. The van der Waals surface area contributed by atoms with Crippen LogP contribution in [0.1, 0.15) is 34.0 Å². The Morgan fingerprint density at radius 2 is 2.08 bits per heavy atom. The Kier molecular flexibility index (Phi) is 4.53. The molecule has 1 N–H and O–H groups in total. The number of fused-ring (bicyclic) bond motifs is 1. The van der Waals surface area contributed by atoms with Crippen LogP contribution in [0.2, 0.25) is 5.02 Å². The Morgan fingerprint density at radius 1 is 1.29 bits per heavy atom. The number of anilines is 1. The zero-order chi connectivity index (χ0) is 17.3. The van der Waals surface area contributed by atoms with Gasteiger partial charge in [0.15, 0.2) is 0 Å². The maximum atomic E-state index is 12.7. The Bertz CT molecular complexity index is 820. The average molecular weight is 344 g/mol. The molecule has 1 aliphatic heterocycles. The highest BCUT2D eigenvalue weighted by molar-refractivity contribution is 6.31. The minimum Gasteiger partial charge on any atom is -0.338 e. The predicted octanol–water partition coefficient (Wildman–Crippen LogP) is 3.20. The summed E-state index contributed by atoms with van der Waals surface area (Å²) in [4.78, 5) is 30.2. The number of aromatic nitrogens is 1. The van der Waals surface area contributed by atoms with Crippen LogP contribution in [0.4, 0.5) is 5.69 Å². The van der Waals surface area contributed by atoms with Crippen LogP contribution < -0.4 is 5.32 Å². The molecular formula is C18H18ClN3O2. The number of benzene rings is 1. The number of pyridine rings is 1. The second-order valence-electron chi connectivity index (χ2n) is 5.88. The summed E-state index contributed by atoms with van der Waals surface area (Å²) in [5.41, 5.74) is 3.95. The van der Waals surface area contributed by atoms with Gasteiger partial charge >= 0.3 is 0 Å². The van der Waals surface area contributed by atoms with Crippen LogP contribution in [0.5, 0.6) is 0 Å². The lowest BCUT2D eigenvalue weighted by Crippen LogP contribution is -2.35. The molecule has 24 heavy (non-hydrogen) atoms. The van der Waals surface area contributed by atoms with Crippen molar-refractivity contribution in [1.29, 1.82) is 0 Å². The third kappa shape index (κ3) is 3.12. The second kappa shape index (κ2) is 6.61. The summed E-state index contributed by atoms with van der Waals surface area (Å²) in [5, 5.41) is 3.52. The van der Waals surface area contributed by atoms with E-state index in [2.05, 4.69) is 10.3 Å². The Hall–Kier alpha value is -2.40. The van der Waals surface area contributed by atoms with Crippen molar-refractivity contribution in [3.05, 3.63) is 57.9 Å². The highest BCUT2D eigenvalue weighted by Crippen LogP contribution is 2.25. The number of amides is 2. The molecule has 5 nitrogen and oxygen atoms in total. The molecular weight excluding hydrogens is 326 g/mol. The molecule has 0 radical (unpaired) electrons. The molecule has 0 spiro atoms. The molecule has 0 saturated carbocycles. The van der Waals surface area contributed by atoms with E-state index in [0.717, 1.165) is 16.7 Å². The van der Waals surface area contributed by atoms with Crippen LogP contribution in [0.3, 0.4) is 0 Å². The van der Waals surface area contributed by atoms with Crippen molar-refractivity contribution in [2.24, 2.45) is 0 Å². The number of hydrogen-bond acceptors (Lipinski definition) is 3. The van der Waals surface area contributed by atoms with Crippen molar-refractivity contribution in [1.82, 2.24) is 9.88 Å². The molecule has 2 heterocycles. The first-order valence-corrected chi connectivity index (χ1v) is 8.13. The fraction of sp³-hybridized carbons (Fsp3) is 0.278. The predicted molar refractivity (Wildman–Crippen MR) is 93.2 cm³/mol. The maximum Gasteiger partial charge on any atom is 0.257 e. The number of rotatable bonds is 2. The van der Waals surface area contributed by atoms with Gasteiger partial charge in [0.25, 0.3) is 5.91 Å². The van der Waals surface area contributed by atoms with Crippen LogP contribution in [0, 0.1) is 6.92 Å². The molecule has 0 fully saturated rings. The molecule has 1 aromatic heterocycles. The van der Waals surface area contributed by atoms with Crippen molar-refractivity contribution < 1.29 is 9.59 Å². The average Bonchev–Trinajstić information content (AvgIpc) is 2.57. The third-order valence-electron chi connectivity index (χ3n) is 4.35. The molecule has 3 rings (SSSR count). The van der Waals surface area contributed by atoms with Crippen LogP contribution in [-0.2, 0) is 17.8 Å². The summed E-state index contributed by atoms with van der Waals surface area (Å²) in [5.74, 6) is -0.175. The molecule has 2 aromatic rings. The Labute approximate surface area is 145 Å². The van der Waals surface area contributed by atoms with Crippen molar-refractivity contribution in [3.8, 4) is 0 Å². The number of carbonyl (C=O) groups excluding carboxylic acids is 2. The van der Waals surface area contributed by atoms with Crippen LogP contribution >= 0.6 is 11.6 Å². The van der Waals surface area contributed by atoms with Gasteiger partial charge in [-0.1, -0.05) is 17.7 Å². The molecule has 1 aliphatic rings. The van der Waals surface area contributed by atoms with Gasteiger partial charge in [-0.2, -0.15) is 0 Å². The van der Waals surface area contributed by atoms with Gasteiger partial charge in [-0.3, -0.25) is 14.6 Å². The van der Waals surface area contributed by atoms with E-state index < -0.39 is 0 Å². The van der Waals surface area contributed by atoms with Gasteiger partial charge in [0, 0.05) is 43.1 Å². The topological polar surface area (TPSA) is 62.3 Å². The van der Waals surface area contributed by atoms with Crippen molar-refractivity contribution in [2.75, 3.05) is 11.9 Å². The first kappa shape index (κ1) is 16.5. The summed E-state index contributed by atoms with van der Waals surface area (Å²) in [7, 11) is 0. The van der Waals surface area contributed by atoms with Gasteiger partial charge in [-0.05, 0) is 42.2 Å². The number of nitrogens with zero attached hydrogens (tertiary/aromatic N) is 2. The Balaban J connectivity index is 1.88. The summed E-state index contributed by atoms with van der Waals surface area (Å²) >= 11 is 6.10. The van der Waals surface area contributed by atoms with E-state index in [0.29, 0.717) is 35.8 Å². The largest absolute Gasteiger partial charge is 0.338 e. The fourth-order valence-corrected chi connectivity index (χ4v) is 3.07. The van der Waals surface area contributed by atoms with Crippen molar-refractivity contribution in [3.63, 3.8) is 0 Å². The van der Waals surface area contributed by atoms with E-state index in [4.69, 9.17) is 11.6 Å². The lowest BCUT2D eigenvalue weighted by molar-refractivity contribution is -0.129. The van der Waals surface area contributed by atoms with Gasteiger partial charge < -0.3 is 10.2 Å². The molecule has 1 aromatic carbocycles. The summed E-state index contributed by atoms with van der Waals surface area (Å²) < 4.78 is 0. The van der Waals surface area contributed by atoms with Crippen LogP contribution in [-0.4, -0.2) is 28.2 Å². The SMILES string of the molecule is CC(=O)N1CCc2c(cncc2C(=O)Nc2cccc(Cl)c2C)C1. The quantitative estimate of drug-likeness (QED) is 0.910. The van der Waals surface area contributed by atoms with Gasteiger partial charge in [0.05, 0.1) is 5.56 Å². The minimum absolute atomic E-state index is 0.0325. The van der Waals surface area contributed by atoms with Crippen molar-refractivity contribution in [2.45, 2.75) is 26.8 Å². The van der Waals surface area contributed by atoms with Gasteiger partial charge in [-0.25, -0.2) is 0 Å². The van der Waals surface area contributed by atoms with E-state index in [1.807, 2.05) is 13.0 Å². The minimum atomic E-state index is -0.207. The van der Waals surface area contributed by atoms with E-state index in [-0.39, 0.29) is 11.8 Å². The Morgan fingerprint density at radius 3 is 2.83 bits per heavy atom. The number of carbonyl (C=O) groups is 2. The van der Waals surface area contributed by atoms with Gasteiger partial charge in [-0.15, -0.1) is 0 Å². The smallest absolute Gasteiger partial charge is 0.257 e. The van der Waals surface area contributed by atoms with E-state index in [1.165, 1.54) is 0 Å². The molecule has 0 aliphatic carbocycles. The second-order valence-corrected chi connectivity index (χ2v) is 6.29. The molecule has 2 amide bonds. The fourth-order valence-electron chi connectivity index (χ4n) is 2.89. The first-order chi connectivity index (χ1) is 11.5. The lowest BCUT2D eigenvalue weighted by atomic mass is 9.96. The lowest BCUT2D eigenvalue weighted by Gasteiger charge is -2.28. The number of halogens is 1. The molecule has 124 valence electrons. The van der Waals surface area contributed by atoms with Gasteiger partial charge in [0.2, 0.25) is 5.91 Å². The normalized spacial score (nSPS) is 13.4. The first-order valence-electron chi connectivity index (χ1n) is 7.75. The molecule has 0 atom stereocenters. The summed E-state index contributed by atoms with van der Waals surface area (Å²) in [6, 6.07) is 5.41. The highest BCUT2D eigenvalue weighted by Gasteiger charge is 2.23. The van der Waals surface area contributed by atoms with E-state index in [9.17, 15) is 9.59 Å². The highest BCUT2D eigenvalue weighted by atomic mass is 35.5. The molecule has 0 saturated heterocycles. The number of nitrogens with one attached hydrogen (secondary N) is 1. The molecule has 0 bridgehead atoms. The maximum absolute atomic E-state index is 12.7. The van der Waals surface area contributed by atoms with Crippen molar-refractivity contribution >= 4 is 29.1 Å². The zero-order valence-corrected chi connectivity index (χ0v) is 14.4. The van der Waals surface area contributed by atoms with Crippen LogP contribution in [0.15, 0.2) is 30.6 Å². The standard InChI is InChI=1S/C18H18ClN3O2/c1-11-16(19)4-3-5-17(11)21-18(24)15-9-20-8-13-10-22(12(2)23)7-6-14(13)15/h3-5,8-9H,6-7,10H2,1-2H3,(H,21,24). The van der Waals surface area contributed by atoms with E-state index >= 15 is 0 Å².